The Morgan fingerprint density at radius 2 is 1.46 bits per heavy atom. The summed E-state index contributed by atoms with van der Waals surface area (Å²) in [6.45, 7) is 2.80. The van der Waals surface area contributed by atoms with Gasteiger partial charge >= 0.3 is 0 Å². The highest BCUT2D eigenvalue weighted by Gasteiger charge is 2.48. The number of rotatable bonds is 11. The molecule has 0 aliphatic carbocycles. The summed E-state index contributed by atoms with van der Waals surface area (Å²) in [6, 6.07) is 26.9. The van der Waals surface area contributed by atoms with E-state index in [9.17, 15) is 14.4 Å². The molecule has 10 heteroatoms. The Morgan fingerprint density at radius 1 is 0.870 bits per heavy atom. The smallest absolute Gasteiger partial charge is 0.246 e. The van der Waals surface area contributed by atoms with Gasteiger partial charge in [-0.3, -0.25) is 14.4 Å². The van der Waals surface area contributed by atoms with Crippen LogP contribution in [0, 0.1) is 5.92 Å². The number of hydrogen-bond acceptors (Lipinski definition) is 5. The van der Waals surface area contributed by atoms with E-state index in [2.05, 4.69) is 21.3 Å². The van der Waals surface area contributed by atoms with Gasteiger partial charge in [0.25, 0.3) is 0 Å². The minimum absolute atomic E-state index is 0.0949. The van der Waals surface area contributed by atoms with Crippen LogP contribution in [0.4, 0.5) is 0 Å². The molecule has 2 fully saturated rings. The SMILES string of the molecule is CC[C@@H](N)C(=O)N[C@@H]1C(=O)N2[C@@H](CC[C@@H]1CNC(=S)NCc1ccccc1)CC[C@H]2C(=O)NC(c1ccccc1)c1ccccc1. The lowest BCUT2D eigenvalue weighted by Crippen LogP contribution is -2.59. The van der Waals surface area contributed by atoms with Crippen molar-refractivity contribution in [2.24, 2.45) is 11.7 Å². The number of thiocarbonyl (C=S) groups is 1. The quantitative estimate of drug-likeness (QED) is 0.203. The summed E-state index contributed by atoms with van der Waals surface area (Å²) in [5.41, 5.74) is 9.10. The fraction of sp³-hybridized carbons (Fsp3) is 0.389. The maximum absolute atomic E-state index is 14.4. The number of amides is 3. The topological polar surface area (TPSA) is 129 Å². The highest BCUT2D eigenvalue weighted by Crippen LogP contribution is 2.35. The summed E-state index contributed by atoms with van der Waals surface area (Å²) in [6.07, 6.45) is 3.13. The van der Waals surface area contributed by atoms with E-state index in [0.717, 1.165) is 29.5 Å². The minimum Gasteiger partial charge on any atom is -0.362 e. The van der Waals surface area contributed by atoms with Crippen molar-refractivity contribution in [2.45, 2.75) is 75.8 Å². The fourth-order valence-electron chi connectivity index (χ4n) is 6.49. The molecule has 9 nitrogen and oxygen atoms in total. The number of nitrogens with zero attached hydrogens (tertiary/aromatic N) is 1. The molecule has 5 atom stereocenters. The van der Waals surface area contributed by atoms with Crippen molar-refractivity contribution in [3.05, 3.63) is 108 Å². The predicted octanol–water partition coefficient (Wildman–Crippen LogP) is 3.55. The maximum atomic E-state index is 14.4. The molecule has 2 heterocycles. The summed E-state index contributed by atoms with van der Waals surface area (Å²) < 4.78 is 0. The van der Waals surface area contributed by atoms with Crippen LogP contribution in [0.2, 0.25) is 0 Å². The van der Waals surface area contributed by atoms with Gasteiger partial charge < -0.3 is 31.9 Å². The fourth-order valence-corrected chi connectivity index (χ4v) is 6.65. The first-order chi connectivity index (χ1) is 22.4. The Morgan fingerprint density at radius 3 is 2.07 bits per heavy atom. The molecular formula is C36H44N6O3S. The van der Waals surface area contributed by atoms with Gasteiger partial charge in [0.15, 0.2) is 5.11 Å². The molecule has 6 N–H and O–H groups in total. The summed E-state index contributed by atoms with van der Waals surface area (Å²) in [7, 11) is 0. The van der Waals surface area contributed by atoms with Crippen LogP contribution in [0.15, 0.2) is 91.0 Å². The highest BCUT2D eigenvalue weighted by atomic mass is 32.1. The lowest BCUT2D eigenvalue weighted by atomic mass is 9.92. The summed E-state index contributed by atoms with van der Waals surface area (Å²) in [5.74, 6) is -1.07. The summed E-state index contributed by atoms with van der Waals surface area (Å²) in [5, 5.41) is 13.2. The molecule has 2 aliphatic heterocycles. The Labute approximate surface area is 276 Å². The molecular weight excluding hydrogens is 597 g/mol. The average Bonchev–Trinajstić information content (AvgIpc) is 3.48. The third-order valence-electron chi connectivity index (χ3n) is 9.12. The molecule has 3 amide bonds. The van der Waals surface area contributed by atoms with E-state index in [4.69, 9.17) is 18.0 Å². The molecule has 0 spiro atoms. The monoisotopic (exact) mass is 640 g/mol. The van der Waals surface area contributed by atoms with Crippen LogP contribution in [-0.2, 0) is 20.9 Å². The van der Waals surface area contributed by atoms with E-state index in [1.165, 1.54) is 0 Å². The predicted molar refractivity (Wildman–Crippen MR) is 183 cm³/mol. The number of carbonyl (C=O) groups excluding carboxylic acids is 3. The molecule has 242 valence electrons. The van der Waals surface area contributed by atoms with E-state index < -0.39 is 18.1 Å². The number of fused-ring (bicyclic) bond motifs is 1. The summed E-state index contributed by atoms with van der Waals surface area (Å²) >= 11 is 5.55. The van der Waals surface area contributed by atoms with Crippen molar-refractivity contribution in [3.63, 3.8) is 0 Å². The lowest BCUT2D eigenvalue weighted by molar-refractivity contribution is -0.143. The summed E-state index contributed by atoms with van der Waals surface area (Å²) in [4.78, 5) is 43.2. The van der Waals surface area contributed by atoms with E-state index >= 15 is 0 Å². The van der Waals surface area contributed by atoms with E-state index in [1.54, 1.807) is 4.90 Å². The molecule has 2 saturated heterocycles. The van der Waals surface area contributed by atoms with Gasteiger partial charge in [-0.15, -0.1) is 0 Å². The van der Waals surface area contributed by atoms with Crippen molar-refractivity contribution in [1.82, 2.24) is 26.2 Å². The van der Waals surface area contributed by atoms with Crippen LogP contribution in [0.1, 0.15) is 61.8 Å². The van der Waals surface area contributed by atoms with Crippen molar-refractivity contribution < 1.29 is 14.4 Å². The molecule has 0 radical (unpaired) electrons. The van der Waals surface area contributed by atoms with Gasteiger partial charge in [-0.2, -0.15) is 0 Å². The van der Waals surface area contributed by atoms with Crippen LogP contribution in [0.25, 0.3) is 0 Å². The van der Waals surface area contributed by atoms with E-state index in [1.807, 2.05) is 97.9 Å². The Kier molecular flexibility index (Phi) is 11.4. The molecule has 0 bridgehead atoms. The third kappa shape index (κ3) is 8.10. The lowest BCUT2D eigenvalue weighted by Gasteiger charge is -2.33. The second kappa shape index (κ2) is 15.8. The van der Waals surface area contributed by atoms with Gasteiger partial charge in [-0.05, 0) is 61.0 Å². The Balaban J connectivity index is 1.32. The van der Waals surface area contributed by atoms with E-state index in [-0.39, 0.29) is 35.7 Å². The average molecular weight is 641 g/mol. The highest BCUT2D eigenvalue weighted by molar-refractivity contribution is 7.80. The van der Waals surface area contributed by atoms with Crippen LogP contribution >= 0.6 is 12.2 Å². The van der Waals surface area contributed by atoms with Crippen LogP contribution in [-0.4, -0.2) is 58.4 Å². The Hall–Kier alpha value is -4.28. The van der Waals surface area contributed by atoms with E-state index in [0.29, 0.717) is 37.5 Å². The number of carbonyl (C=O) groups is 3. The first kappa shape index (κ1) is 33.1. The first-order valence-electron chi connectivity index (χ1n) is 16.2. The molecule has 0 saturated carbocycles. The van der Waals surface area contributed by atoms with Crippen molar-refractivity contribution in [1.29, 1.82) is 0 Å². The molecule has 5 rings (SSSR count). The minimum atomic E-state index is -0.841. The van der Waals surface area contributed by atoms with Crippen molar-refractivity contribution in [2.75, 3.05) is 6.54 Å². The molecule has 0 aromatic heterocycles. The van der Waals surface area contributed by atoms with Crippen LogP contribution in [0.3, 0.4) is 0 Å². The standard InChI is InChI=1S/C36H44N6O3S/c1-2-29(37)33(43)41-32-27(23-39-36(46)38-22-24-12-6-3-7-13-24)18-19-28-20-21-30(42(28)35(32)45)34(44)40-31(25-14-8-4-9-15-25)26-16-10-5-11-17-26/h3-17,27-32H,2,18-23,37H2,1H3,(H,40,44)(H,41,43)(H2,38,39,46)/t27-,28+,29-,30+,32+/m1/s1. The second-order valence-electron chi connectivity index (χ2n) is 12.1. The van der Waals surface area contributed by atoms with Crippen molar-refractivity contribution in [3.8, 4) is 0 Å². The van der Waals surface area contributed by atoms with Crippen LogP contribution in [0.5, 0.6) is 0 Å². The van der Waals surface area contributed by atoms with Gasteiger partial charge in [-0.1, -0.05) is 97.9 Å². The van der Waals surface area contributed by atoms with Crippen LogP contribution < -0.4 is 27.0 Å². The molecule has 2 aliphatic rings. The van der Waals surface area contributed by atoms with Gasteiger partial charge in [0.2, 0.25) is 17.7 Å². The van der Waals surface area contributed by atoms with Gasteiger partial charge in [0.05, 0.1) is 12.1 Å². The molecule has 46 heavy (non-hydrogen) atoms. The van der Waals surface area contributed by atoms with Gasteiger partial charge in [0.1, 0.15) is 12.1 Å². The number of nitrogens with one attached hydrogen (secondary N) is 4. The first-order valence-corrected chi connectivity index (χ1v) is 16.6. The molecule has 3 aromatic carbocycles. The zero-order valence-corrected chi connectivity index (χ0v) is 27.0. The third-order valence-corrected chi connectivity index (χ3v) is 9.40. The van der Waals surface area contributed by atoms with Crippen molar-refractivity contribution >= 4 is 35.1 Å². The number of benzene rings is 3. The normalized spacial score (nSPS) is 21.5. The molecule has 0 unspecified atom stereocenters. The zero-order chi connectivity index (χ0) is 32.5. The Bertz CT molecular complexity index is 1440. The number of nitrogens with two attached hydrogens (primary N) is 1. The second-order valence-corrected chi connectivity index (χ2v) is 12.6. The number of hydrogen-bond donors (Lipinski definition) is 5. The maximum Gasteiger partial charge on any atom is 0.246 e. The molecule has 3 aromatic rings. The van der Waals surface area contributed by atoms with Gasteiger partial charge in [0, 0.05) is 25.0 Å². The zero-order valence-electron chi connectivity index (χ0n) is 26.2. The largest absolute Gasteiger partial charge is 0.362 e. The van der Waals surface area contributed by atoms with Gasteiger partial charge in [-0.25, -0.2) is 0 Å².